The lowest BCUT2D eigenvalue weighted by molar-refractivity contribution is -0.136. The lowest BCUT2D eigenvalue weighted by Crippen LogP contribution is -2.34. The highest BCUT2D eigenvalue weighted by Gasteiger charge is 2.49. The molecule has 0 aromatic carbocycles. The van der Waals surface area contributed by atoms with Crippen molar-refractivity contribution in [2.24, 2.45) is 10.8 Å². The van der Waals surface area contributed by atoms with E-state index in [4.69, 9.17) is 5.11 Å². The third kappa shape index (κ3) is 3.29. The topological polar surface area (TPSA) is 53.4 Å². The average molecular weight is 308 g/mol. The molecule has 0 spiro atoms. The van der Waals surface area contributed by atoms with Gasteiger partial charge in [0, 0.05) is 18.0 Å². The molecule has 1 saturated carbocycles. The number of aliphatic carboxylic acids is 1. The van der Waals surface area contributed by atoms with Crippen LogP contribution >= 0.6 is 11.3 Å². The van der Waals surface area contributed by atoms with E-state index in [-0.39, 0.29) is 6.42 Å². The van der Waals surface area contributed by atoms with Crippen molar-refractivity contribution < 1.29 is 9.90 Å². The van der Waals surface area contributed by atoms with Gasteiger partial charge in [0.2, 0.25) is 0 Å². The van der Waals surface area contributed by atoms with E-state index in [1.54, 1.807) is 11.3 Å². The van der Waals surface area contributed by atoms with Gasteiger partial charge in [0.05, 0.1) is 18.7 Å². The van der Waals surface area contributed by atoms with Gasteiger partial charge in [-0.25, -0.2) is 4.98 Å². The van der Waals surface area contributed by atoms with Crippen molar-refractivity contribution in [3.63, 3.8) is 0 Å². The van der Waals surface area contributed by atoms with Gasteiger partial charge in [-0.1, -0.05) is 20.8 Å². The minimum atomic E-state index is -0.807. The Balaban J connectivity index is 1.69. The molecule has 2 aliphatic rings. The fourth-order valence-corrected chi connectivity index (χ4v) is 5.41. The van der Waals surface area contributed by atoms with Gasteiger partial charge in [-0.15, -0.1) is 11.3 Å². The Morgan fingerprint density at radius 2 is 2.24 bits per heavy atom. The van der Waals surface area contributed by atoms with Crippen LogP contribution in [0.5, 0.6) is 0 Å². The second-order valence-corrected chi connectivity index (χ2v) is 8.86. The zero-order valence-electron chi connectivity index (χ0n) is 13.1. The van der Waals surface area contributed by atoms with Crippen LogP contribution in [0.2, 0.25) is 0 Å². The van der Waals surface area contributed by atoms with Crippen LogP contribution in [0.25, 0.3) is 0 Å². The molecule has 0 radical (unpaired) electrons. The van der Waals surface area contributed by atoms with Crippen molar-refractivity contribution in [1.82, 2.24) is 9.88 Å². The molecule has 1 aromatic rings. The number of carboxylic acids is 1. The van der Waals surface area contributed by atoms with Crippen molar-refractivity contribution in [2.45, 2.75) is 59.0 Å². The van der Waals surface area contributed by atoms with Crippen LogP contribution in [0.3, 0.4) is 0 Å². The second-order valence-electron chi connectivity index (χ2n) is 7.92. The fraction of sp³-hybridized carbons (Fsp3) is 0.750. The summed E-state index contributed by atoms with van der Waals surface area (Å²) in [5.41, 5.74) is 1.56. The van der Waals surface area contributed by atoms with Crippen LogP contribution in [-0.4, -0.2) is 33.5 Å². The maximum Gasteiger partial charge on any atom is 0.309 e. The van der Waals surface area contributed by atoms with Crippen molar-refractivity contribution in [2.75, 3.05) is 6.54 Å². The molecule has 0 amide bonds. The molecule has 116 valence electrons. The molecule has 1 N–H and O–H groups in total. The summed E-state index contributed by atoms with van der Waals surface area (Å²) in [6, 6.07) is 0.658. The monoisotopic (exact) mass is 308 g/mol. The second kappa shape index (κ2) is 5.06. The number of rotatable bonds is 4. The Labute approximate surface area is 130 Å². The summed E-state index contributed by atoms with van der Waals surface area (Å²) >= 11 is 1.60. The minimum Gasteiger partial charge on any atom is -0.481 e. The largest absolute Gasteiger partial charge is 0.481 e. The quantitative estimate of drug-likeness (QED) is 0.928. The molecule has 1 aliphatic carbocycles. The van der Waals surface area contributed by atoms with Crippen molar-refractivity contribution in [3.05, 3.63) is 16.1 Å². The number of nitrogens with zero attached hydrogens (tertiary/aromatic N) is 2. The van der Waals surface area contributed by atoms with E-state index in [1.165, 1.54) is 19.3 Å². The maximum absolute atomic E-state index is 10.7. The number of aromatic nitrogens is 1. The van der Waals surface area contributed by atoms with Crippen LogP contribution in [0.4, 0.5) is 0 Å². The van der Waals surface area contributed by atoms with Crippen LogP contribution in [0, 0.1) is 10.8 Å². The lowest BCUT2D eigenvalue weighted by Gasteiger charge is -2.39. The van der Waals surface area contributed by atoms with E-state index in [0.717, 1.165) is 18.1 Å². The number of fused-ring (bicyclic) bond motifs is 2. The maximum atomic E-state index is 10.7. The molecule has 1 aliphatic heterocycles. The van der Waals surface area contributed by atoms with Gasteiger partial charge in [-0.2, -0.15) is 0 Å². The molecule has 2 bridgehead atoms. The number of carboxylic acid groups (broad SMARTS) is 1. The zero-order valence-corrected chi connectivity index (χ0v) is 13.9. The molecule has 2 atom stereocenters. The summed E-state index contributed by atoms with van der Waals surface area (Å²) in [5, 5.41) is 11.8. The zero-order chi connectivity index (χ0) is 15.3. The highest BCUT2D eigenvalue weighted by atomic mass is 32.1. The first-order valence-electron chi connectivity index (χ1n) is 7.64. The Bertz CT molecular complexity index is 554. The summed E-state index contributed by atoms with van der Waals surface area (Å²) in [6.45, 7) is 9.21. The predicted octanol–water partition coefficient (Wildman–Crippen LogP) is 3.17. The molecule has 3 rings (SSSR count). The van der Waals surface area contributed by atoms with E-state index in [9.17, 15) is 4.79 Å². The van der Waals surface area contributed by atoms with Crippen LogP contribution < -0.4 is 0 Å². The Kier molecular flexibility index (Phi) is 3.61. The van der Waals surface area contributed by atoms with Crippen LogP contribution in [0.1, 0.15) is 50.7 Å². The molecular weight excluding hydrogens is 284 g/mol. The number of hydrogen-bond donors (Lipinski definition) is 1. The molecule has 2 unspecified atom stereocenters. The van der Waals surface area contributed by atoms with Gasteiger partial charge in [0.25, 0.3) is 0 Å². The molecule has 4 nitrogen and oxygen atoms in total. The molecular formula is C16H24N2O2S. The SMILES string of the molecule is CC1(C)CC2CC(C)(CN2Cc2nc(CC(=O)O)cs2)C1. The van der Waals surface area contributed by atoms with E-state index in [0.29, 0.717) is 22.6 Å². The summed E-state index contributed by atoms with van der Waals surface area (Å²) < 4.78 is 0. The Morgan fingerprint density at radius 1 is 1.48 bits per heavy atom. The number of hydrogen-bond acceptors (Lipinski definition) is 4. The smallest absolute Gasteiger partial charge is 0.309 e. The van der Waals surface area contributed by atoms with Crippen molar-refractivity contribution in [1.29, 1.82) is 0 Å². The van der Waals surface area contributed by atoms with E-state index in [1.807, 2.05) is 5.38 Å². The summed E-state index contributed by atoms with van der Waals surface area (Å²) in [7, 11) is 0. The summed E-state index contributed by atoms with van der Waals surface area (Å²) in [4.78, 5) is 17.8. The fourth-order valence-electron chi connectivity index (χ4n) is 4.59. The summed E-state index contributed by atoms with van der Waals surface area (Å²) in [6.07, 6.45) is 3.89. The highest BCUT2D eigenvalue weighted by molar-refractivity contribution is 7.09. The molecule has 2 heterocycles. The van der Waals surface area contributed by atoms with Gasteiger partial charge in [0.15, 0.2) is 0 Å². The standard InChI is InChI=1S/C16H24N2O2S/c1-15(2)5-12-6-16(3,9-15)10-18(12)7-13-17-11(8-21-13)4-14(19)20/h8,12H,4-7,9-10H2,1-3H3,(H,19,20). The van der Waals surface area contributed by atoms with Crippen LogP contribution in [0.15, 0.2) is 5.38 Å². The molecule has 1 saturated heterocycles. The Morgan fingerprint density at radius 3 is 2.95 bits per heavy atom. The first-order valence-corrected chi connectivity index (χ1v) is 8.52. The average Bonchev–Trinajstić information content (AvgIpc) is 2.80. The first-order chi connectivity index (χ1) is 9.75. The van der Waals surface area contributed by atoms with Gasteiger partial charge in [-0.05, 0) is 30.1 Å². The van der Waals surface area contributed by atoms with Crippen molar-refractivity contribution in [3.8, 4) is 0 Å². The third-order valence-corrected chi connectivity index (χ3v) is 5.68. The number of carbonyl (C=O) groups is 1. The lowest BCUT2D eigenvalue weighted by atomic mass is 9.65. The molecule has 1 aromatic heterocycles. The van der Waals surface area contributed by atoms with E-state index in [2.05, 4.69) is 30.7 Å². The van der Waals surface area contributed by atoms with Crippen molar-refractivity contribution >= 4 is 17.3 Å². The minimum absolute atomic E-state index is 0.0324. The van der Waals surface area contributed by atoms with Gasteiger partial charge in [0.1, 0.15) is 5.01 Å². The highest BCUT2D eigenvalue weighted by Crippen LogP contribution is 2.52. The normalized spacial score (nSPS) is 31.5. The predicted molar refractivity (Wildman–Crippen MR) is 83.4 cm³/mol. The molecule has 21 heavy (non-hydrogen) atoms. The van der Waals surface area contributed by atoms with Gasteiger partial charge >= 0.3 is 5.97 Å². The third-order valence-electron chi connectivity index (χ3n) is 4.79. The van der Waals surface area contributed by atoms with Gasteiger partial charge < -0.3 is 5.11 Å². The molecule has 2 fully saturated rings. The number of thiazole rings is 1. The first kappa shape index (κ1) is 15.0. The van der Waals surface area contributed by atoms with E-state index >= 15 is 0 Å². The Hall–Kier alpha value is -0.940. The van der Waals surface area contributed by atoms with E-state index < -0.39 is 5.97 Å². The molecule has 5 heteroatoms. The number of likely N-dealkylation sites (tertiary alicyclic amines) is 1. The van der Waals surface area contributed by atoms with Crippen LogP contribution in [-0.2, 0) is 17.8 Å². The van der Waals surface area contributed by atoms with Gasteiger partial charge in [-0.3, -0.25) is 9.69 Å². The summed E-state index contributed by atoms with van der Waals surface area (Å²) in [5.74, 6) is -0.807.